The lowest BCUT2D eigenvalue weighted by atomic mass is 10.1. The number of hydrogen-bond acceptors (Lipinski definition) is 4. The van der Waals surface area contributed by atoms with E-state index < -0.39 is 0 Å². The van der Waals surface area contributed by atoms with E-state index in [1.807, 2.05) is 33.2 Å². The van der Waals surface area contributed by atoms with Crippen LogP contribution in [0.25, 0.3) is 0 Å². The molecule has 17 heavy (non-hydrogen) atoms. The number of benzene rings is 1. The molecule has 0 aromatic heterocycles. The Morgan fingerprint density at radius 3 is 2.82 bits per heavy atom. The Morgan fingerprint density at radius 2 is 2.18 bits per heavy atom. The van der Waals surface area contributed by atoms with Gasteiger partial charge < -0.3 is 20.1 Å². The molecule has 0 amide bonds. The highest BCUT2D eigenvalue weighted by Gasteiger charge is 2.09. The van der Waals surface area contributed by atoms with Crippen LogP contribution in [0.2, 0.25) is 0 Å². The highest BCUT2D eigenvalue weighted by molar-refractivity contribution is 5.45. The molecule has 0 aliphatic carbocycles. The molecule has 0 aliphatic rings. The summed E-state index contributed by atoms with van der Waals surface area (Å²) in [6.07, 6.45) is 0. The van der Waals surface area contributed by atoms with Crippen molar-refractivity contribution < 1.29 is 9.84 Å². The first-order valence-electron chi connectivity index (χ1n) is 5.95. The third-order valence-electron chi connectivity index (χ3n) is 2.57. The van der Waals surface area contributed by atoms with Crippen molar-refractivity contribution in [2.45, 2.75) is 13.5 Å². The third-order valence-corrected chi connectivity index (χ3v) is 2.57. The molecule has 1 aromatic carbocycles. The molecule has 1 rings (SSSR count). The van der Waals surface area contributed by atoms with Gasteiger partial charge in [0.1, 0.15) is 0 Å². The predicted molar refractivity (Wildman–Crippen MR) is 69.5 cm³/mol. The SMILES string of the molecule is CCOc1cccc(CN(C)CCNC)c1O. The highest BCUT2D eigenvalue weighted by atomic mass is 16.5. The largest absolute Gasteiger partial charge is 0.504 e. The summed E-state index contributed by atoms with van der Waals surface area (Å²) in [6, 6.07) is 5.62. The second-order valence-electron chi connectivity index (χ2n) is 4.04. The molecule has 96 valence electrons. The fraction of sp³-hybridized carbons (Fsp3) is 0.538. The number of phenolic OH excluding ortho intramolecular Hbond substituents is 1. The molecule has 0 heterocycles. The van der Waals surface area contributed by atoms with E-state index in [9.17, 15) is 5.11 Å². The molecule has 4 heteroatoms. The summed E-state index contributed by atoms with van der Waals surface area (Å²) in [5, 5.41) is 13.1. The monoisotopic (exact) mass is 238 g/mol. The number of likely N-dealkylation sites (N-methyl/N-ethyl adjacent to an activating group) is 2. The Bertz CT molecular complexity index is 342. The van der Waals surface area contributed by atoms with Crippen LogP contribution in [-0.4, -0.2) is 43.8 Å². The number of para-hydroxylation sites is 1. The zero-order chi connectivity index (χ0) is 12.7. The smallest absolute Gasteiger partial charge is 0.162 e. The Balaban J connectivity index is 2.67. The van der Waals surface area contributed by atoms with Crippen LogP contribution in [-0.2, 0) is 6.54 Å². The van der Waals surface area contributed by atoms with Gasteiger partial charge in [-0.05, 0) is 27.1 Å². The number of rotatable bonds is 7. The summed E-state index contributed by atoms with van der Waals surface area (Å²) in [7, 11) is 3.96. The molecule has 0 fully saturated rings. The van der Waals surface area contributed by atoms with Gasteiger partial charge in [-0.2, -0.15) is 0 Å². The molecule has 0 saturated heterocycles. The molecule has 0 unspecified atom stereocenters. The fourth-order valence-electron chi connectivity index (χ4n) is 1.64. The molecule has 1 aromatic rings. The first kappa shape index (κ1) is 13.8. The van der Waals surface area contributed by atoms with Crippen molar-refractivity contribution in [3.8, 4) is 11.5 Å². The van der Waals surface area contributed by atoms with E-state index >= 15 is 0 Å². The molecule has 0 bridgehead atoms. The van der Waals surface area contributed by atoms with Crippen molar-refractivity contribution in [2.24, 2.45) is 0 Å². The van der Waals surface area contributed by atoms with E-state index in [0.29, 0.717) is 18.9 Å². The first-order chi connectivity index (χ1) is 8.19. The lowest BCUT2D eigenvalue weighted by Crippen LogP contribution is -2.26. The van der Waals surface area contributed by atoms with E-state index in [-0.39, 0.29) is 5.75 Å². The number of ether oxygens (including phenoxy) is 1. The van der Waals surface area contributed by atoms with Crippen LogP contribution in [0.1, 0.15) is 12.5 Å². The Morgan fingerprint density at radius 1 is 1.41 bits per heavy atom. The number of hydrogen-bond donors (Lipinski definition) is 2. The van der Waals surface area contributed by atoms with E-state index in [0.717, 1.165) is 18.7 Å². The minimum Gasteiger partial charge on any atom is -0.504 e. The Labute approximate surface area is 103 Å². The van der Waals surface area contributed by atoms with Gasteiger partial charge in [0.05, 0.1) is 6.61 Å². The van der Waals surface area contributed by atoms with Gasteiger partial charge in [-0.15, -0.1) is 0 Å². The van der Waals surface area contributed by atoms with Gasteiger partial charge in [0, 0.05) is 25.2 Å². The van der Waals surface area contributed by atoms with E-state index in [4.69, 9.17) is 4.74 Å². The molecule has 0 spiro atoms. The summed E-state index contributed by atoms with van der Waals surface area (Å²) in [5.74, 6) is 0.817. The molecule has 0 atom stereocenters. The summed E-state index contributed by atoms with van der Waals surface area (Å²) in [4.78, 5) is 2.15. The van der Waals surface area contributed by atoms with Crippen molar-refractivity contribution in [3.05, 3.63) is 23.8 Å². The van der Waals surface area contributed by atoms with Crippen molar-refractivity contribution in [1.29, 1.82) is 0 Å². The van der Waals surface area contributed by atoms with Crippen LogP contribution < -0.4 is 10.1 Å². The van der Waals surface area contributed by atoms with E-state index in [1.165, 1.54) is 0 Å². The second-order valence-corrected chi connectivity index (χ2v) is 4.04. The van der Waals surface area contributed by atoms with Crippen molar-refractivity contribution in [2.75, 3.05) is 33.8 Å². The molecular weight excluding hydrogens is 216 g/mol. The van der Waals surface area contributed by atoms with Gasteiger partial charge in [-0.3, -0.25) is 0 Å². The maximum absolute atomic E-state index is 10.0. The average molecular weight is 238 g/mol. The van der Waals surface area contributed by atoms with Crippen LogP contribution in [0, 0.1) is 0 Å². The summed E-state index contributed by atoms with van der Waals surface area (Å²) >= 11 is 0. The standard InChI is InChI=1S/C13H22N2O2/c1-4-17-12-7-5-6-11(13(12)16)10-15(3)9-8-14-2/h5-7,14,16H,4,8-10H2,1-3H3. The molecule has 0 aliphatic heterocycles. The Kier molecular flexibility index (Phi) is 5.80. The lowest BCUT2D eigenvalue weighted by Gasteiger charge is -2.18. The van der Waals surface area contributed by atoms with Crippen LogP contribution in [0.3, 0.4) is 0 Å². The van der Waals surface area contributed by atoms with Crippen molar-refractivity contribution >= 4 is 0 Å². The predicted octanol–water partition coefficient (Wildman–Crippen LogP) is 1.44. The van der Waals surface area contributed by atoms with Gasteiger partial charge in [0.15, 0.2) is 11.5 Å². The molecule has 0 radical (unpaired) electrons. The fourth-order valence-corrected chi connectivity index (χ4v) is 1.64. The molecule has 2 N–H and O–H groups in total. The van der Waals surface area contributed by atoms with Crippen LogP contribution in [0.4, 0.5) is 0 Å². The summed E-state index contributed by atoms with van der Waals surface area (Å²) in [5.41, 5.74) is 0.898. The van der Waals surface area contributed by atoms with E-state index in [1.54, 1.807) is 6.07 Å². The summed E-state index contributed by atoms with van der Waals surface area (Å²) in [6.45, 7) is 5.06. The van der Waals surface area contributed by atoms with Crippen LogP contribution in [0.5, 0.6) is 11.5 Å². The molecule has 4 nitrogen and oxygen atoms in total. The zero-order valence-corrected chi connectivity index (χ0v) is 10.9. The quantitative estimate of drug-likeness (QED) is 0.754. The topological polar surface area (TPSA) is 44.7 Å². The maximum atomic E-state index is 10.0. The number of nitrogens with zero attached hydrogens (tertiary/aromatic N) is 1. The maximum Gasteiger partial charge on any atom is 0.162 e. The third kappa shape index (κ3) is 4.24. The van der Waals surface area contributed by atoms with Crippen molar-refractivity contribution in [3.63, 3.8) is 0 Å². The van der Waals surface area contributed by atoms with Gasteiger partial charge in [0.25, 0.3) is 0 Å². The van der Waals surface area contributed by atoms with E-state index in [2.05, 4.69) is 10.2 Å². The van der Waals surface area contributed by atoms with Gasteiger partial charge in [-0.1, -0.05) is 12.1 Å². The lowest BCUT2D eigenvalue weighted by molar-refractivity contribution is 0.302. The van der Waals surface area contributed by atoms with Crippen LogP contribution in [0.15, 0.2) is 18.2 Å². The number of phenols is 1. The van der Waals surface area contributed by atoms with Crippen molar-refractivity contribution in [1.82, 2.24) is 10.2 Å². The number of nitrogens with one attached hydrogen (secondary N) is 1. The average Bonchev–Trinajstić information content (AvgIpc) is 2.32. The minimum atomic E-state index is 0.255. The van der Waals surface area contributed by atoms with Crippen LogP contribution >= 0.6 is 0 Å². The zero-order valence-electron chi connectivity index (χ0n) is 10.9. The normalized spacial score (nSPS) is 10.8. The molecule has 0 saturated carbocycles. The van der Waals surface area contributed by atoms with Gasteiger partial charge in [0.2, 0.25) is 0 Å². The second kappa shape index (κ2) is 7.14. The number of aromatic hydroxyl groups is 1. The highest BCUT2D eigenvalue weighted by Crippen LogP contribution is 2.30. The first-order valence-corrected chi connectivity index (χ1v) is 5.95. The van der Waals surface area contributed by atoms with Gasteiger partial charge >= 0.3 is 0 Å². The molecular formula is C13H22N2O2. The Hall–Kier alpha value is -1.26. The minimum absolute atomic E-state index is 0.255. The van der Waals surface area contributed by atoms with Gasteiger partial charge in [-0.25, -0.2) is 0 Å². The summed E-state index contributed by atoms with van der Waals surface area (Å²) < 4.78 is 5.36.